The third kappa shape index (κ3) is 2.25. The minimum Gasteiger partial charge on any atom is -0.466 e. The fourth-order valence-corrected chi connectivity index (χ4v) is 1.78. The first-order valence-electron chi connectivity index (χ1n) is 5.49. The highest BCUT2D eigenvalue weighted by Crippen LogP contribution is 2.21. The molecule has 18 heavy (non-hydrogen) atoms. The van der Waals surface area contributed by atoms with E-state index < -0.39 is 5.95 Å². The van der Waals surface area contributed by atoms with Gasteiger partial charge in [0.2, 0.25) is 5.95 Å². The molecule has 5 heteroatoms. The Labute approximate surface area is 104 Å². The number of furan rings is 1. The Hall–Kier alpha value is -2.17. The van der Waals surface area contributed by atoms with Crippen molar-refractivity contribution in [2.75, 3.05) is 5.32 Å². The van der Waals surface area contributed by atoms with Gasteiger partial charge in [-0.25, -0.2) is 4.98 Å². The molecule has 0 fully saturated rings. The number of amides is 1. The van der Waals surface area contributed by atoms with E-state index in [0.717, 1.165) is 5.56 Å². The maximum absolute atomic E-state index is 12.9. The summed E-state index contributed by atoms with van der Waals surface area (Å²) in [5.41, 5.74) is 1.25. The molecule has 0 bridgehead atoms. The lowest BCUT2D eigenvalue weighted by Gasteiger charge is -2.04. The van der Waals surface area contributed by atoms with Crippen molar-refractivity contribution < 1.29 is 13.6 Å². The first-order chi connectivity index (χ1) is 8.49. The van der Waals surface area contributed by atoms with Gasteiger partial charge < -0.3 is 9.73 Å². The molecule has 0 aromatic carbocycles. The molecule has 2 rings (SSSR count). The van der Waals surface area contributed by atoms with Gasteiger partial charge >= 0.3 is 0 Å². The van der Waals surface area contributed by atoms with Gasteiger partial charge in [0.25, 0.3) is 5.91 Å². The first kappa shape index (κ1) is 12.3. The van der Waals surface area contributed by atoms with E-state index in [0.29, 0.717) is 17.1 Å². The van der Waals surface area contributed by atoms with Crippen LogP contribution in [-0.4, -0.2) is 10.9 Å². The molecule has 0 aliphatic heterocycles. The van der Waals surface area contributed by atoms with Crippen LogP contribution in [-0.2, 0) is 0 Å². The van der Waals surface area contributed by atoms with Crippen LogP contribution in [0.15, 0.2) is 22.6 Å². The van der Waals surface area contributed by atoms with Crippen LogP contribution < -0.4 is 5.32 Å². The van der Waals surface area contributed by atoms with Gasteiger partial charge in [-0.2, -0.15) is 4.39 Å². The molecule has 2 heterocycles. The number of pyridine rings is 1. The first-order valence-corrected chi connectivity index (χ1v) is 5.49. The van der Waals surface area contributed by atoms with Gasteiger partial charge in [-0.15, -0.1) is 0 Å². The third-order valence-electron chi connectivity index (χ3n) is 2.75. The Kier molecular flexibility index (Phi) is 3.14. The lowest BCUT2D eigenvalue weighted by Crippen LogP contribution is -2.14. The largest absolute Gasteiger partial charge is 0.466 e. The van der Waals surface area contributed by atoms with Crippen molar-refractivity contribution in [2.24, 2.45) is 0 Å². The van der Waals surface area contributed by atoms with E-state index in [1.54, 1.807) is 20.8 Å². The maximum atomic E-state index is 12.9. The number of nitrogens with zero attached hydrogens (tertiary/aromatic N) is 1. The molecule has 94 valence electrons. The van der Waals surface area contributed by atoms with Gasteiger partial charge in [0.05, 0.1) is 5.56 Å². The second-order valence-corrected chi connectivity index (χ2v) is 4.01. The lowest BCUT2D eigenvalue weighted by molar-refractivity contribution is 0.102. The van der Waals surface area contributed by atoms with Crippen molar-refractivity contribution in [3.8, 4) is 0 Å². The summed E-state index contributed by atoms with van der Waals surface area (Å²) < 4.78 is 18.3. The zero-order valence-electron chi connectivity index (χ0n) is 10.4. The molecule has 0 unspecified atom stereocenters. The molecule has 1 N–H and O–H groups in total. The number of hydrogen-bond donors (Lipinski definition) is 1. The van der Waals surface area contributed by atoms with Crippen LogP contribution >= 0.6 is 0 Å². The summed E-state index contributed by atoms with van der Waals surface area (Å²) in [4.78, 5) is 15.6. The van der Waals surface area contributed by atoms with E-state index >= 15 is 0 Å². The summed E-state index contributed by atoms with van der Waals surface area (Å²) in [5.74, 6) is 0.436. The van der Waals surface area contributed by atoms with E-state index in [-0.39, 0.29) is 11.7 Å². The summed E-state index contributed by atoms with van der Waals surface area (Å²) in [6, 6.07) is 4.23. The van der Waals surface area contributed by atoms with Crippen molar-refractivity contribution >= 4 is 11.7 Å². The Morgan fingerprint density at radius 3 is 2.56 bits per heavy atom. The number of hydrogen-bond acceptors (Lipinski definition) is 3. The highest BCUT2D eigenvalue weighted by Gasteiger charge is 2.18. The summed E-state index contributed by atoms with van der Waals surface area (Å²) in [7, 11) is 0. The van der Waals surface area contributed by atoms with Gasteiger partial charge in [0, 0.05) is 5.56 Å². The summed E-state index contributed by atoms with van der Waals surface area (Å²) in [6.45, 7) is 5.31. The molecule has 0 radical (unpaired) electrons. The molecular weight excluding hydrogens is 235 g/mol. The molecule has 0 aliphatic carbocycles. The molecule has 1 amide bonds. The second-order valence-electron chi connectivity index (χ2n) is 4.01. The Morgan fingerprint density at radius 2 is 2.00 bits per heavy atom. The van der Waals surface area contributed by atoms with Gasteiger partial charge in [-0.05, 0) is 32.9 Å². The zero-order valence-corrected chi connectivity index (χ0v) is 10.4. The molecule has 2 aromatic heterocycles. The molecule has 0 saturated heterocycles. The minimum atomic E-state index is -0.635. The number of aryl methyl sites for hydroxylation is 2. The predicted octanol–water partition coefficient (Wildman–Crippen LogP) is 2.99. The third-order valence-corrected chi connectivity index (χ3v) is 2.75. The van der Waals surface area contributed by atoms with Crippen LogP contribution in [0, 0.1) is 26.7 Å². The van der Waals surface area contributed by atoms with E-state index in [1.807, 2.05) is 0 Å². The lowest BCUT2D eigenvalue weighted by atomic mass is 10.1. The average Bonchev–Trinajstić information content (AvgIpc) is 2.53. The number of anilines is 1. The van der Waals surface area contributed by atoms with E-state index in [4.69, 9.17) is 4.42 Å². The van der Waals surface area contributed by atoms with Crippen molar-refractivity contribution in [2.45, 2.75) is 20.8 Å². The van der Waals surface area contributed by atoms with Crippen molar-refractivity contribution in [3.63, 3.8) is 0 Å². The summed E-state index contributed by atoms with van der Waals surface area (Å²) >= 11 is 0. The number of aromatic nitrogens is 1. The summed E-state index contributed by atoms with van der Waals surface area (Å²) in [5, 5.41) is 2.54. The van der Waals surface area contributed by atoms with Crippen LogP contribution in [0.3, 0.4) is 0 Å². The van der Waals surface area contributed by atoms with E-state index in [2.05, 4.69) is 10.3 Å². The highest BCUT2D eigenvalue weighted by molar-refractivity contribution is 6.05. The van der Waals surface area contributed by atoms with Crippen LogP contribution in [0.2, 0.25) is 0 Å². The molecule has 0 saturated carbocycles. The number of rotatable bonds is 2. The van der Waals surface area contributed by atoms with E-state index in [1.165, 1.54) is 18.2 Å². The molecule has 0 aliphatic rings. The second kappa shape index (κ2) is 4.60. The van der Waals surface area contributed by atoms with Crippen LogP contribution in [0.1, 0.15) is 27.4 Å². The summed E-state index contributed by atoms with van der Waals surface area (Å²) in [6.07, 6.45) is 0. The zero-order chi connectivity index (χ0) is 13.3. The topological polar surface area (TPSA) is 55.1 Å². The van der Waals surface area contributed by atoms with Gasteiger partial charge in [0.15, 0.2) is 0 Å². The Balaban J connectivity index is 2.27. The standard InChI is InChI=1S/C13H13FN2O2/c1-7-8(2)18-9(3)12(7)13(17)16-11-6-4-5-10(14)15-11/h4-6H,1-3H3,(H,15,16,17). The molecular formula is C13H13FN2O2. The molecule has 2 aromatic rings. The quantitative estimate of drug-likeness (QED) is 0.831. The van der Waals surface area contributed by atoms with Crippen LogP contribution in [0.4, 0.5) is 10.2 Å². The van der Waals surface area contributed by atoms with Crippen molar-refractivity contribution in [1.29, 1.82) is 0 Å². The van der Waals surface area contributed by atoms with Gasteiger partial charge in [-0.1, -0.05) is 6.07 Å². The van der Waals surface area contributed by atoms with Gasteiger partial charge in [-0.3, -0.25) is 4.79 Å². The van der Waals surface area contributed by atoms with E-state index in [9.17, 15) is 9.18 Å². The van der Waals surface area contributed by atoms with Crippen molar-refractivity contribution in [3.05, 3.63) is 46.8 Å². The minimum absolute atomic E-state index is 0.178. The van der Waals surface area contributed by atoms with Crippen LogP contribution in [0.5, 0.6) is 0 Å². The molecule has 4 nitrogen and oxygen atoms in total. The van der Waals surface area contributed by atoms with Gasteiger partial charge in [0.1, 0.15) is 17.3 Å². The predicted molar refractivity (Wildman–Crippen MR) is 65.1 cm³/mol. The average molecular weight is 248 g/mol. The SMILES string of the molecule is Cc1oc(C)c(C(=O)Nc2cccc(F)n2)c1C. The molecule has 0 spiro atoms. The Bertz CT molecular complexity index is 605. The number of carbonyl (C=O) groups excluding carboxylic acids is 1. The fourth-order valence-electron chi connectivity index (χ4n) is 1.78. The fraction of sp³-hybridized carbons (Fsp3) is 0.231. The van der Waals surface area contributed by atoms with Crippen molar-refractivity contribution in [1.82, 2.24) is 4.98 Å². The van der Waals surface area contributed by atoms with Crippen LogP contribution in [0.25, 0.3) is 0 Å². The highest BCUT2D eigenvalue weighted by atomic mass is 19.1. The number of carbonyl (C=O) groups is 1. The maximum Gasteiger partial charge on any atom is 0.260 e. The Morgan fingerprint density at radius 1 is 1.28 bits per heavy atom. The monoisotopic (exact) mass is 248 g/mol. The molecule has 0 atom stereocenters. The normalized spacial score (nSPS) is 10.4. The smallest absolute Gasteiger partial charge is 0.260 e. The number of halogens is 1. The number of nitrogens with one attached hydrogen (secondary N) is 1.